The fraction of sp³-hybridized carbons (Fsp3) is 0.600. The lowest BCUT2D eigenvalue weighted by Gasteiger charge is -2.14. The van der Waals surface area contributed by atoms with Gasteiger partial charge < -0.3 is 9.84 Å². The summed E-state index contributed by atoms with van der Waals surface area (Å²) in [5.41, 5.74) is 2.55. The van der Waals surface area contributed by atoms with Crippen molar-refractivity contribution in [2.24, 2.45) is 11.8 Å². The Bertz CT molecular complexity index is 665. The highest BCUT2D eigenvalue weighted by molar-refractivity contribution is 5.83. The van der Waals surface area contributed by atoms with Crippen molar-refractivity contribution in [2.45, 2.75) is 77.7 Å². The molecule has 2 atom stereocenters. The van der Waals surface area contributed by atoms with Crippen LogP contribution in [-0.4, -0.2) is 23.5 Å². The van der Waals surface area contributed by atoms with Crippen LogP contribution in [0.4, 0.5) is 0 Å². The molecule has 1 N–H and O–H groups in total. The molecule has 1 aliphatic rings. The first-order valence-electron chi connectivity index (χ1n) is 11.2. The SMILES string of the molecule is CCOCc1cccc(CC/C=C/C2CCC(=O)[C@@H]2CCCCCCC(=O)O)c1. The number of ether oxygens (including phenoxy) is 1. The van der Waals surface area contributed by atoms with Crippen LogP contribution in [0.25, 0.3) is 0 Å². The van der Waals surface area contributed by atoms with Crippen molar-refractivity contribution >= 4 is 11.8 Å². The van der Waals surface area contributed by atoms with Crippen LogP contribution < -0.4 is 0 Å². The normalized spacial score (nSPS) is 19.3. The van der Waals surface area contributed by atoms with Crippen LogP contribution in [0, 0.1) is 11.8 Å². The maximum Gasteiger partial charge on any atom is 0.303 e. The molecule has 0 saturated heterocycles. The van der Waals surface area contributed by atoms with Gasteiger partial charge in [-0.3, -0.25) is 9.59 Å². The predicted octanol–water partition coefficient (Wildman–Crippen LogP) is 5.73. The lowest BCUT2D eigenvalue weighted by Crippen LogP contribution is -2.13. The van der Waals surface area contributed by atoms with Crippen molar-refractivity contribution in [3.05, 3.63) is 47.5 Å². The Hall–Kier alpha value is -1.94. The van der Waals surface area contributed by atoms with Crippen LogP contribution in [0.1, 0.15) is 75.8 Å². The first-order chi connectivity index (χ1) is 14.1. The Morgan fingerprint density at radius 3 is 2.79 bits per heavy atom. The van der Waals surface area contributed by atoms with E-state index < -0.39 is 5.97 Å². The topological polar surface area (TPSA) is 63.6 Å². The van der Waals surface area contributed by atoms with Gasteiger partial charge in [0.15, 0.2) is 0 Å². The van der Waals surface area contributed by atoms with E-state index in [2.05, 4.69) is 36.4 Å². The Morgan fingerprint density at radius 2 is 2.00 bits per heavy atom. The number of carboxylic acid groups (broad SMARTS) is 1. The molecule has 0 spiro atoms. The second kappa shape index (κ2) is 13.3. The lowest BCUT2D eigenvalue weighted by molar-refractivity contribution is -0.137. The number of benzene rings is 1. The third-order valence-electron chi connectivity index (χ3n) is 5.76. The van der Waals surface area contributed by atoms with Crippen LogP contribution in [0.5, 0.6) is 0 Å². The molecule has 0 heterocycles. The van der Waals surface area contributed by atoms with Gasteiger partial charge in [-0.15, -0.1) is 0 Å². The minimum Gasteiger partial charge on any atom is -0.481 e. The molecule has 1 saturated carbocycles. The predicted molar refractivity (Wildman–Crippen MR) is 116 cm³/mol. The number of rotatable bonds is 14. The first-order valence-corrected chi connectivity index (χ1v) is 11.2. The lowest BCUT2D eigenvalue weighted by atomic mass is 9.89. The van der Waals surface area contributed by atoms with Gasteiger partial charge in [-0.2, -0.15) is 0 Å². The van der Waals surface area contributed by atoms with E-state index in [1.807, 2.05) is 6.92 Å². The summed E-state index contributed by atoms with van der Waals surface area (Å²) in [5, 5.41) is 8.68. The number of unbranched alkanes of at least 4 members (excludes halogenated alkanes) is 3. The van der Waals surface area contributed by atoms with Gasteiger partial charge in [0.2, 0.25) is 0 Å². The first kappa shape index (κ1) is 23.3. The number of Topliss-reactive ketones (excluding diaryl/α,β-unsaturated/α-hetero) is 1. The number of carbonyl (C=O) groups excluding carboxylic acids is 1. The van der Waals surface area contributed by atoms with E-state index in [0.29, 0.717) is 24.7 Å². The fourth-order valence-electron chi connectivity index (χ4n) is 4.15. The van der Waals surface area contributed by atoms with Crippen LogP contribution in [-0.2, 0) is 27.4 Å². The number of aryl methyl sites for hydroxylation is 1. The molecular formula is C25H36O4. The van der Waals surface area contributed by atoms with Gasteiger partial charge in [-0.25, -0.2) is 0 Å². The van der Waals surface area contributed by atoms with E-state index in [-0.39, 0.29) is 12.3 Å². The minimum atomic E-state index is -0.720. The van der Waals surface area contributed by atoms with Gasteiger partial charge in [0.1, 0.15) is 5.78 Å². The molecule has 1 fully saturated rings. The second-order valence-corrected chi connectivity index (χ2v) is 8.05. The fourth-order valence-corrected chi connectivity index (χ4v) is 4.15. The maximum atomic E-state index is 12.2. The van der Waals surface area contributed by atoms with Crippen molar-refractivity contribution in [3.63, 3.8) is 0 Å². The molecule has 0 radical (unpaired) electrons. The number of aliphatic carboxylic acids is 1. The molecule has 2 rings (SSSR count). The summed E-state index contributed by atoms with van der Waals surface area (Å²) in [7, 11) is 0. The van der Waals surface area contributed by atoms with Crippen molar-refractivity contribution in [3.8, 4) is 0 Å². The van der Waals surface area contributed by atoms with E-state index in [0.717, 1.165) is 58.0 Å². The quantitative estimate of drug-likeness (QED) is 0.320. The molecule has 4 heteroatoms. The molecule has 0 amide bonds. The van der Waals surface area contributed by atoms with Gasteiger partial charge in [-0.05, 0) is 56.1 Å². The summed E-state index contributed by atoms with van der Waals surface area (Å²) in [6.45, 7) is 3.41. The van der Waals surface area contributed by atoms with E-state index in [1.165, 1.54) is 11.1 Å². The Labute approximate surface area is 175 Å². The van der Waals surface area contributed by atoms with E-state index in [4.69, 9.17) is 9.84 Å². The van der Waals surface area contributed by atoms with Gasteiger partial charge in [0.05, 0.1) is 6.61 Å². The van der Waals surface area contributed by atoms with E-state index in [9.17, 15) is 9.59 Å². The molecular weight excluding hydrogens is 364 g/mol. The number of hydrogen-bond acceptors (Lipinski definition) is 3. The molecule has 0 aliphatic heterocycles. The minimum absolute atomic E-state index is 0.167. The van der Waals surface area contributed by atoms with Gasteiger partial charge in [0, 0.05) is 25.4 Å². The van der Waals surface area contributed by atoms with E-state index >= 15 is 0 Å². The zero-order chi connectivity index (χ0) is 20.9. The van der Waals surface area contributed by atoms with Crippen LogP contribution >= 0.6 is 0 Å². The smallest absolute Gasteiger partial charge is 0.303 e. The number of hydrogen-bond donors (Lipinski definition) is 1. The van der Waals surface area contributed by atoms with Crippen molar-refractivity contribution < 1.29 is 19.4 Å². The largest absolute Gasteiger partial charge is 0.481 e. The average Bonchev–Trinajstić information content (AvgIpc) is 3.06. The van der Waals surface area contributed by atoms with Crippen molar-refractivity contribution in [2.75, 3.05) is 6.61 Å². The average molecular weight is 401 g/mol. The summed E-state index contributed by atoms with van der Waals surface area (Å²) in [6.07, 6.45) is 13.1. The van der Waals surface area contributed by atoms with Crippen LogP contribution in [0.15, 0.2) is 36.4 Å². The molecule has 1 aliphatic carbocycles. The summed E-state index contributed by atoms with van der Waals surface area (Å²) in [6, 6.07) is 8.58. The summed E-state index contributed by atoms with van der Waals surface area (Å²) in [4.78, 5) is 22.8. The monoisotopic (exact) mass is 400 g/mol. The zero-order valence-corrected chi connectivity index (χ0v) is 17.8. The van der Waals surface area contributed by atoms with Gasteiger partial charge in [-0.1, -0.05) is 55.7 Å². The molecule has 160 valence electrons. The molecule has 4 nitrogen and oxygen atoms in total. The molecule has 0 aromatic heterocycles. The molecule has 1 aromatic carbocycles. The third kappa shape index (κ3) is 8.95. The Kier molecular flexibility index (Phi) is 10.7. The summed E-state index contributed by atoms with van der Waals surface area (Å²) < 4.78 is 5.48. The Morgan fingerprint density at radius 1 is 1.21 bits per heavy atom. The van der Waals surface area contributed by atoms with Gasteiger partial charge in [0.25, 0.3) is 0 Å². The van der Waals surface area contributed by atoms with Crippen molar-refractivity contribution in [1.82, 2.24) is 0 Å². The molecule has 1 aromatic rings. The highest BCUT2D eigenvalue weighted by Crippen LogP contribution is 2.34. The van der Waals surface area contributed by atoms with Gasteiger partial charge >= 0.3 is 5.97 Å². The Balaban J connectivity index is 1.71. The maximum absolute atomic E-state index is 12.2. The standard InChI is InChI=1S/C25H36O4/c1-2-29-19-21-12-9-11-20(18-21)10-7-8-13-22-16-17-24(26)23(22)14-5-3-4-6-15-25(27)28/h8-9,11-13,18,22-23H,2-7,10,14-17,19H2,1H3,(H,27,28)/b13-8+/t22?,23-/m1/s1. The van der Waals surface area contributed by atoms with E-state index in [1.54, 1.807) is 0 Å². The highest BCUT2D eigenvalue weighted by atomic mass is 16.5. The third-order valence-corrected chi connectivity index (χ3v) is 5.76. The highest BCUT2D eigenvalue weighted by Gasteiger charge is 2.32. The number of carboxylic acids is 1. The van der Waals surface area contributed by atoms with Crippen LogP contribution in [0.2, 0.25) is 0 Å². The number of allylic oxidation sites excluding steroid dienone is 2. The molecule has 29 heavy (non-hydrogen) atoms. The number of carbonyl (C=O) groups is 2. The van der Waals surface area contributed by atoms with Crippen LogP contribution in [0.3, 0.4) is 0 Å². The summed E-state index contributed by atoms with van der Waals surface area (Å²) in [5.74, 6) is 0.238. The second-order valence-electron chi connectivity index (χ2n) is 8.05. The zero-order valence-electron chi connectivity index (χ0n) is 17.8. The molecule has 1 unspecified atom stereocenters. The summed E-state index contributed by atoms with van der Waals surface area (Å²) >= 11 is 0. The number of ketones is 1. The van der Waals surface area contributed by atoms with Crippen molar-refractivity contribution in [1.29, 1.82) is 0 Å². The molecule has 0 bridgehead atoms.